The summed E-state index contributed by atoms with van der Waals surface area (Å²) in [6.45, 7) is 2.95. The van der Waals surface area contributed by atoms with Crippen LogP contribution in [0.25, 0.3) is 0 Å². The predicted octanol–water partition coefficient (Wildman–Crippen LogP) is 4.35. The van der Waals surface area contributed by atoms with E-state index >= 15 is 0 Å². The molecule has 1 aromatic rings. The van der Waals surface area contributed by atoms with E-state index in [1.807, 2.05) is 6.07 Å². The first-order chi connectivity index (χ1) is 10.1. The fraction of sp³-hybridized carbons (Fsp3) is 0.647. The van der Waals surface area contributed by atoms with Crippen molar-refractivity contribution in [2.45, 2.75) is 57.1 Å². The van der Waals surface area contributed by atoms with E-state index in [-0.39, 0.29) is 22.5 Å². The maximum absolute atomic E-state index is 13.7. The third-order valence-electron chi connectivity index (χ3n) is 4.65. The van der Waals surface area contributed by atoms with Crippen LogP contribution in [0.4, 0.5) is 4.39 Å². The van der Waals surface area contributed by atoms with Crippen molar-refractivity contribution in [2.24, 2.45) is 0 Å². The molecule has 1 fully saturated rings. The van der Waals surface area contributed by atoms with Gasteiger partial charge in [0, 0.05) is 13.2 Å². The summed E-state index contributed by atoms with van der Waals surface area (Å²) in [5.41, 5.74) is 0.689. The lowest BCUT2D eigenvalue weighted by Gasteiger charge is -2.43. The Hall–Kier alpha value is -0.640. The Morgan fingerprint density at radius 2 is 2.05 bits per heavy atom. The van der Waals surface area contributed by atoms with Gasteiger partial charge in [-0.1, -0.05) is 49.9 Å². The van der Waals surface area contributed by atoms with Gasteiger partial charge in [0.2, 0.25) is 0 Å². The Bertz CT molecular complexity index is 460. The predicted molar refractivity (Wildman–Crippen MR) is 85.4 cm³/mol. The van der Waals surface area contributed by atoms with Crippen LogP contribution in [0.3, 0.4) is 0 Å². The number of nitrogens with one attached hydrogen (secondary N) is 1. The summed E-state index contributed by atoms with van der Waals surface area (Å²) in [6, 6.07) is 5.19. The molecule has 1 unspecified atom stereocenters. The number of hydrogen-bond donors (Lipinski definition) is 1. The number of methoxy groups -OCH3 is 1. The van der Waals surface area contributed by atoms with Crippen LogP contribution >= 0.6 is 11.6 Å². The quantitative estimate of drug-likeness (QED) is 0.843. The van der Waals surface area contributed by atoms with Gasteiger partial charge in [-0.05, 0) is 37.4 Å². The fourth-order valence-corrected chi connectivity index (χ4v) is 3.66. The standard InChI is InChI=1S/C17H25ClFNO/c1-3-20-15(17(21-2)10-5-4-6-11-17)12-13-8-7-9-14(19)16(13)18/h7-9,15,20H,3-6,10-12H2,1-2H3. The maximum atomic E-state index is 13.7. The molecule has 118 valence electrons. The molecule has 21 heavy (non-hydrogen) atoms. The first kappa shape index (κ1) is 16.7. The molecule has 4 heteroatoms. The molecule has 0 heterocycles. The van der Waals surface area contributed by atoms with Gasteiger partial charge in [-0.15, -0.1) is 0 Å². The molecule has 0 spiro atoms. The Morgan fingerprint density at radius 1 is 1.33 bits per heavy atom. The molecule has 1 saturated carbocycles. The van der Waals surface area contributed by atoms with Crippen molar-refractivity contribution in [1.29, 1.82) is 0 Å². The van der Waals surface area contributed by atoms with Crippen molar-refractivity contribution in [3.05, 3.63) is 34.6 Å². The Morgan fingerprint density at radius 3 is 2.67 bits per heavy atom. The van der Waals surface area contributed by atoms with E-state index in [2.05, 4.69) is 12.2 Å². The number of ether oxygens (including phenoxy) is 1. The second kappa shape index (κ2) is 7.57. The van der Waals surface area contributed by atoms with Crippen molar-refractivity contribution < 1.29 is 9.13 Å². The van der Waals surface area contributed by atoms with Crippen LogP contribution in [-0.4, -0.2) is 25.3 Å². The highest BCUT2D eigenvalue weighted by Gasteiger charge is 2.39. The van der Waals surface area contributed by atoms with E-state index in [0.717, 1.165) is 24.9 Å². The lowest BCUT2D eigenvalue weighted by Crippen LogP contribution is -2.54. The SMILES string of the molecule is CCNC(Cc1cccc(F)c1Cl)C1(OC)CCCCC1. The van der Waals surface area contributed by atoms with Gasteiger partial charge in [0.05, 0.1) is 10.6 Å². The Balaban J connectivity index is 2.23. The molecule has 0 radical (unpaired) electrons. The van der Waals surface area contributed by atoms with Gasteiger partial charge in [0.15, 0.2) is 0 Å². The van der Waals surface area contributed by atoms with Crippen LogP contribution in [0.5, 0.6) is 0 Å². The van der Waals surface area contributed by atoms with Crippen LogP contribution in [0.15, 0.2) is 18.2 Å². The summed E-state index contributed by atoms with van der Waals surface area (Å²) in [5, 5.41) is 3.77. The van der Waals surface area contributed by atoms with Crippen molar-refractivity contribution in [2.75, 3.05) is 13.7 Å². The van der Waals surface area contributed by atoms with Crippen LogP contribution in [0.2, 0.25) is 5.02 Å². The maximum Gasteiger partial charge on any atom is 0.142 e. The van der Waals surface area contributed by atoms with Crippen molar-refractivity contribution in [3.63, 3.8) is 0 Å². The number of hydrogen-bond acceptors (Lipinski definition) is 2. The highest BCUT2D eigenvalue weighted by Crippen LogP contribution is 2.36. The zero-order chi connectivity index (χ0) is 15.3. The van der Waals surface area contributed by atoms with E-state index in [1.165, 1.54) is 25.3 Å². The zero-order valence-corrected chi connectivity index (χ0v) is 13.7. The monoisotopic (exact) mass is 313 g/mol. The van der Waals surface area contributed by atoms with Crippen molar-refractivity contribution >= 4 is 11.6 Å². The van der Waals surface area contributed by atoms with E-state index in [4.69, 9.17) is 16.3 Å². The zero-order valence-electron chi connectivity index (χ0n) is 12.9. The molecular formula is C17H25ClFNO. The van der Waals surface area contributed by atoms with Crippen LogP contribution in [-0.2, 0) is 11.2 Å². The summed E-state index contributed by atoms with van der Waals surface area (Å²) in [4.78, 5) is 0. The third kappa shape index (κ3) is 3.77. The summed E-state index contributed by atoms with van der Waals surface area (Å²) >= 11 is 6.12. The van der Waals surface area contributed by atoms with Gasteiger partial charge in [-0.3, -0.25) is 0 Å². The second-order valence-corrected chi connectivity index (χ2v) is 6.23. The molecule has 2 nitrogen and oxygen atoms in total. The van der Waals surface area contributed by atoms with Gasteiger partial charge in [0.1, 0.15) is 5.82 Å². The molecule has 1 N–H and O–H groups in total. The van der Waals surface area contributed by atoms with E-state index < -0.39 is 0 Å². The van der Waals surface area contributed by atoms with E-state index in [9.17, 15) is 4.39 Å². The molecule has 1 aromatic carbocycles. The van der Waals surface area contributed by atoms with Crippen molar-refractivity contribution in [3.8, 4) is 0 Å². The summed E-state index contributed by atoms with van der Waals surface area (Å²) in [5.74, 6) is -0.348. The first-order valence-electron chi connectivity index (χ1n) is 7.84. The van der Waals surface area contributed by atoms with Crippen molar-refractivity contribution in [1.82, 2.24) is 5.32 Å². The van der Waals surface area contributed by atoms with E-state index in [0.29, 0.717) is 6.42 Å². The molecule has 0 aliphatic heterocycles. The number of rotatable bonds is 6. The van der Waals surface area contributed by atoms with Crippen LogP contribution < -0.4 is 5.32 Å². The summed E-state index contributed by atoms with van der Waals surface area (Å²) in [6.07, 6.45) is 6.43. The smallest absolute Gasteiger partial charge is 0.142 e. The molecule has 0 bridgehead atoms. The first-order valence-corrected chi connectivity index (χ1v) is 8.22. The molecule has 1 aliphatic carbocycles. The van der Waals surface area contributed by atoms with Gasteiger partial charge < -0.3 is 10.1 Å². The largest absolute Gasteiger partial charge is 0.377 e. The minimum Gasteiger partial charge on any atom is -0.377 e. The van der Waals surface area contributed by atoms with Gasteiger partial charge in [-0.2, -0.15) is 0 Å². The van der Waals surface area contributed by atoms with Crippen LogP contribution in [0.1, 0.15) is 44.6 Å². The van der Waals surface area contributed by atoms with Gasteiger partial charge >= 0.3 is 0 Å². The lowest BCUT2D eigenvalue weighted by molar-refractivity contribution is -0.0669. The van der Waals surface area contributed by atoms with Crippen LogP contribution in [0, 0.1) is 5.82 Å². The van der Waals surface area contributed by atoms with Gasteiger partial charge in [0.25, 0.3) is 0 Å². The third-order valence-corrected chi connectivity index (χ3v) is 5.07. The lowest BCUT2D eigenvalue weighted by atomic mass is 9.77. The minimum absolute atomic E-state index is 0.159. The highest BCUT2D eigenvalue weighted by atomic mass is 35.5. The van der Waals surface area contributed by atoms with Gasteiger partial charge in [-0.25, -0.2) is 4.39 Å². The molecule has 1 atom stereocenters. The second-order valence-electron chi connectivity index (χ2n) is 5.86. The topological polar surface area (TPSA) is 21.3 Å². The Kier molecular flexibility index (Phi) is 6.03. The molecule has 1 aliphatic rings. The number of benzene rings is 1. The molecule has 0 aromatic heterocycles. The molecule has 0 amide bonds. The van der Waals surface area contributed by atoms with E-state index in [1.54, 1.807) is 13.2 Å². The summed E-state index contributed by atoms with van der Waals surface area (Å²) < 4.78 is 19.6. The highest BCUT2D eigenvalue weighted by molar-refractivity contribution is 6.31. The molecule has 0 saturated heterocycles. The molecular weight excluding hydrogens is 289 g/mol. The summed E-state index contributed by atoms with van der Waals surface area (Å²) in [7, 11) is 1.79. The number of likely N-dealkylation sites (N-methyl/N-ethyl adjacent to an activating group) is 1. The minimum atomic E-state index is -0.348. The fourth-order valence-electron chi connectivity index (χ4n) is 3.46. The average Bonchev–Trinajstić information content (AvgIpc) is 2.52. The molecule has 2 rings (SSSR count). The normalized spacial score (nSPS) is 19.4. The average molecular weight is 314 g/mol. The number of halogens is 2. The Labute approximate surface area is 132 Å².